The van der Waals surface area contributed by atoms with E-state index >= 15 is 0 Å². The molecule has 0 radical (unpaired) electrons. The van der Waals surface area contributed by atoms with E-state index in [0.717, 1.165) is 11.3 Å². The topological polar surface area (TPSA) is 71.8 Å². The Morgan fingerprint density at radius 3 is 2.30 bits per heavy atom. The molecule has 1 aliphatic heterocycles. The van der Waals surface area contributed by atoms with Crippen molar-refractivity contribution in [1.29, 1.82) is 0 Å². The molecular weight excluding hydrogens is 400 g/mol. The quantitative estimate of drug-likeness (QED) is 0.383. The van der Waals surface area contributed by atoms with Crippen molar-refractivity contribution in [3.05, 3.63) is 83.3 Å². The molecule has 1 fully saturated rings. The van der Waals surface area contributed by atoms with Crippen LogP contribution in [0.25, 0.3) is 6.08 Å². The summed E-state index contributed by atoms with van der Waals surface area (Å²) in [6.07, 6.45) is 1.43. The minimum atomic E-state index is -0.558. The molecule has 4 rings (SSSR count). The lowest BCUT2D eigenvalue weighted by Crippen LogP contribution is -2.54. The zero-order valence-corrected chi connectivity index (χ0v) is 17.2. The zero-order valence-electron chi connectivity index (χ0n) is 16.3. The Labute approximate surface area is 178 Å². The summed E-state index contributed by atoms with van der Waals surface area (Å²) in [4.78, 5) is 26.7. The van der Waals surface area contributed by atoms with Crippen molar-refractivity contribution in [3.63, 3.8) is 0 Å². The van der Waals surface area contributed by atoms with Gasteiger partial charge in [-0.2, -0.15) is 0 Å². The van der Waals surface area contributed by atoms with Crippen LogP contribution >= 0.6 is 12.2 Å². The normalized spacial score (nSPS) is 15.5. The van der Waals surface area contributed by atoms with Gasteiger partial charge in [0.2, 0.25) is 0 Å². The van der Waals surface area contributed by atoms with Crippen LogP contribution in [0, 0.1) is 13.8 Å². The maximum Gasteiger partial charge on any atom is 0.270 e. The number of nitrogens with zero attached hydrogens (tertiary/aromatic N) is 1. The minimum Gasteiger partial charge on any atom is -0.462 e. The SMILES string of the molecule is Cc1cc(/C=C2/C(=O)NC(=S)N(c3ccc(Oc4ccccc4)cc3)C2=O)oc1C. The Bertz CT molecular complexity index is 1140. The summed E-state index contributed by atoms with van der Waals surface area (Å²) >= 11 is 5.23. The van der Waals surface area contributed by atoms with E-state index in [1.165, 1.54) is 11.0 Å². The van der Waals surface area contributed by atoms with Crippen molar-refractivity contribution in [2.45, 2.75) is 13.8 Å². The molecule has 6 nitrogen and oxygen atoms in total. The fourth-order valence-corrected chi connectivity index (χ4v) is 3.28. The highest BCUT2D eigenvalue weighted by molar-refractivity contribution is 7.80. The van der Waals surface area contributed by atoms with Crippen LogP contribution in [0.5, 0.6) is 11.5 Å². The van der Waals surface area contributed by atoms with Crippen LogP contribution in [0.15, 0.2) is 70.7 Å². The van der Waals surface area contributed by atoms with Crippen LogP contribution in [0.1, 0.15) is 17.1 Å². The first-order chi connectivity index (χ1) is 14.4. The summed E-state index contributed by atoms with van der Waals surface area (Å²) in [5.41, 5.74) is 1.40. The van der Waals surface area contributed by atoms with E-state index in [4.69, 9.17) is 21.4 Å². The Morgan fingerprint density at radius 1 is 1.00 bits per heavy atom. The average molecular weight is 418 g/mol. The molecule has 1 N–H and O–H groups in total. The molecule has 7 heteroatoms. The second-order valence-electron chi connectivity index (χ2n) is 6.75. The van der Waals surface area contributed by atoms with Crippen molar-refractivity contribution in [3.8, 4) is 11.5 Å². The number of carbonyl (C=O) groups is 2. The number of rotatable bonds is 4. The van der Waals surface area contributed by atoms with Crippen LogP contribution in [-0.4, -0.2) is 16.9 Å². The Hall–Kier alpha value is -3.71. The number of nitrogens with one attached hydrogen (secondary N) is 1. The number of furan rings is 1. The highest BCUT2D eigenvalue weighted by Crippen LogP contribution is 2.27. The van der Waals surface area contributed by atoms with E-state index in [-0.39, 0.29) is 10.7 Å². The lowest BCUT2D eigenvalue weighted by atomic mass is 10.1. The number of anilines is 1. The number of benzene rings is 2. The van der Waals surface area contributed by atoms with Crippen molar-refractivity contribution in [2.75, 3.05) is 4.90 Å². The van der Waals surface area contributed by atoms with Crippen molar-refractivity contribution in [2.24, 2.45) is 0 Å². The van der Waals surface area contributed by atoms with Crippen LogP contribution < -0.4 is 15.0 Å². The molecule has 1 aromatic heterocycles. The third-order valence-corrected chi connectivity index (χ3v) is 4.93. The van der Waals surface area contributed by atoms with E-state index in [9.17, 15) is 9.59 Å². The Morgan fingerprint density at radius 2 is 1.67 bits per heavy atom. The van der Waals surface area contributed by atoms with Gasteiger partial charge in [0, 0.05) is 0 Å². The summed E-state index contributed by atoms with van der Waals surface area (Å²) in [5.74, 6) is 1.40. The molecule has 3 aromatic rings. The summed E-state index contributed by atoms with van der Waals surface area (Å²) < 4.78 is 11.4. The molecule has 0 aliphatic carbocycles. The Balaban J connectivity index is 1.60. The fraction of sp³-hybridized carbons (Fsp3) is 0.0870. The highest BCUT2D eigenvalue weighted by atomic mass is 32.1. The number of carbonyl (C=O) groups excluding carboxylic acids is 2. The van der Waals surface area contributed by atoms with Crippen LogP contribution in [-0.2, 0) is 9.59 Å². The van der Waals surface area contributed by atoms with Crippen LogP contribution in [0.2, 0.25) is 0 Å². The highest BCUT2D eigenvalue weighted by Gasteiger charge is 2.34. The number of hydrogen-bond donors (Lipinski definition) is 1. The van der Waals surface area contributed by atoms with Gasteiger partial charge in [-0.25, -0.2) is 0 Å². The number of amides is 2. The van der Waals surface area contributed by atoms with Gasteiger partial charge in [-0.15, -0.1) is 0 Å². The lowest BCUT2D eigenvalue weighted by Gasteiger charge is -2.28. The number of thiocarbonyl (C=S) groups is 1. The second kappa shape index (κ2) is 7.96. The monoisotopic (exact) mass is 418 g/mol. The van der Waals surface area contributed by atoms with E-state index in [2.05, 4.69) is 5.32 Å². The smallest absolute Gasteiger partial charge is 0.270 e. The van der Waals surface area contributed by atoms with Gasteiger partial charge in [-0.1, -0.05) is 18.2 Å². The standard InChI is InChI=1S/C23H18N2O4S/c1-14-12-19(28-15(14)2)13-20-21(26)24-23(30)25(22(20)27)16-8-10-18(11-9-16)29-17-6-4-3-5-7-17/h3-13H,1-2H3,(H,24,26,30)/b20-13-. The summed E-state index contributed by atoms with van der Waals surface area (Å²) in [6.45, 7) is 3.71. The van der Waals surface area contributed by atoms with E-state index in [1.54, 1.807) is 30.3 Å². The van der Waals surface area contributed by atoms with E-state index in [0.29, 0.717) is 22.9 Å². The molecule has 0 saturated carbocycles. The maximum atomic E-state index is 13.1. The molecule has 1 aliphatic rings. The van der Waals surface area contributed by atoms with E-state index < -0.39 is 11.8 Å². The number of ether oxygens (including phenoxy) is 1. The van der Waals surface area contributed by atoms with Crippen molar-refractivity contribution in [1.82, 2.24) is 5.32 Å². The first-order valence-electron chi connectivity index (χ1n) is 9.24. The number of para-hydroxylation sites is 1. The van der Waals surface area contributed by atoms with Crippen LogP contribution in [0.3, 0.4) is 0 Å². The molecule has 0 spiro atoms. The van der Waals surface area contributed by atoms with Gasteiger partial charge < -0.3 is 9.15 Å². The summed E-state index contributed by atoms with van der Waals surface area (Å²) in [6, 6.07) is 18.0. The van der Waals surface area contributed by atoms with Gasteiger partial charge >= 0.3 is 0 Å². The maximum absolute atomic E-state index is 13.1. The second-order valence-corrected chi connectivity index (χ2v) is 7.14. The van der Waals surface area contributed by atoms with Gasteiger partial charge in [-0.3, -0.25) is 19.8 Å². The minimum absolute atomic E-state index is 0.0192. The van der Waals surface area contributed by atoms with Gasteiger partial charge in [0.05, 0.1) is 5.69 Å². The summed E-state index contributed by atoms with van der Waals surface area (Å²) in [5, 5.41) is 2.58. The fourth-order valence-electron chi connectivity index (χ4n) is 2.99. The molecule has 0 bridgehead atoms. The lowest BCUT2D eigenvalue weighted by molar-refractivity contribution is -0.122. The van der Waals surface area contributed by atoms with Gasteiger partial charge in [0.15, 0.2) is 5.11 Å². The third kappa shape index (κ3) is 3.88. The Kier molecular flexibility index (Phi) is 5.20. The van der Waals surface area contributed by atoms with Crippen molar-refractivity contribution >= 4 is 40.9 Å². The van der Waals surface area contributed by atoms with Crippen molar-refractivity contribution < 1.29 is 18.7 Å². The molecule has 150 valence electrons. The average Bonchev–Trinajstić information content (AvgIpc) is 3.04. The van der Waals surface area contributed by atoms with Gasteiger partial charge in [0.1, 0.15) is 28.6 Å². The molecule has 2 amide bonds. The predicted octanol–water partition coefficient (Wildman–Crippen LogP) is 4.52. The van der Waals surface area contributed by atoms with Gasteiger partial charge in [-0.05, 0) is 80.2 Å². The first kappa shape index (κ1) is 19.6. The molecule has 1 saturated heterocycles. The molecule has 0 atom stereocenters. The van der Waals surface area contributed by atoms with E-state index in [1.807, 2.05) is 44.2 Å². The number of hydrogen-bond acceptors (Lipinski definition) is 5. The number of aryl methyl sites for hydroxylation is 2. The molecule has 30 heavy (non-hydrogen) atoms. The predicted molar refractivity (Wildman–Crippen MR) is 117 cm³/mol. The largest absolute Gasteiger partial charge is 0.462 e. The first-order valence-corrected chi connectivity index (χ1v) is 9.64. The third-order valence-electron chi connectivity index (χ3n) is 4.65. The van der Waals surface area contributed by atoms with Gasteiger partial charge in [0.25, 0.3) is 11.8 Å². The molecule has 2 aromatic carbocycles. The molecule has 2 heterocycles. The molecular formula is C23H18N2O4S. The summed E-state index contributed by atoms with van der Waals surface area (Å²) in [7, 11) is 0. The zero-order chi connectivity index (χ0) is 21.3. The molecule has 0 unspecified atom stereocenters. The van der Waals surface area contributed by atoms with Crippen LogP contribution in [0.4, 0.5) is 5.69 Å².